The molecule has 9 heteroatoms. The molecule has 0 fully saturated rings. The van der Waals surface area contributed by atoms with Crippen LogP contribution in [0, 0.1) is 11.2 Å². The summed E-state index contributed by atoms with van der Waals surface area (Å²) in [4.78, 5) is 29.4. The summed E-state index contributed by atoms with van der Waals surface area (Å²) in [5.74, 6) is 0.152. The first-order chi connectivity index (χ1) is 18.3. The van der Waals surface area contributed by atoms with E-state index in [9.17, 15) is 9.18 Å². The largest absolute Gasteiger partial charge is 0.336 e. The number of rotatable bonds is 4. The summed E-state index contributed by atoms with van der Waals surface area (Å²) in [5, 5.41) is 11.4. The second kappa shape index (κ2) is 8.88. The minimum atomic E-state index is -0.517. The van der Waals surface area contributed by atoms with E-state index in [4.69, 9.17) is 4.98 Å². The van der Waals surface area contributed by atoms with Gasteiger partial charge >= 0.3 is 0 Å². The molecule has 0 aliphatic carbocycles. The Labute approximate surface area is 217 Å². The predicted octanol–water partition coefficient (Wildman–Crippen LogP) is 6.35. The average molecular weight is 506 g/mol. The Kier molecular flexibility index (Phi) is 5.48. The molecule has 2 aromatic carbocycles. The minimum Gasteiger partial charge on any atom is -0.336 e. The number of aromatic amines is 2. The lowest BCUT2D eigenvalue weighted by Crippen LogP contribution is -2.27. The molecule has 4 aromatic heterocycles. The Morgan fingerprint density at radius 3 is 2.61 bits per heavy atom. The quantitative estimate of drug-likeness (QED) is 0.258. The van der Waals surface area contributed by atoms with Crippen molar-refractivity contribution in [2.24, 2.45) is 5.41 Å². The third-order valence-electron chi connectivity index (χ3n) is 6.30. The number of fused-ring (bicyclic) bond motifs is 2. The Hall–Kier alpha value is -4.92. The lowest BCUT2D eigenvalue weighted by atomic mass is 9.95. The van der Waals surface area contributed by atoms with Crippen molar-refractivity contribution in [3.63, 3.8) is 0 Å². The monoisotopic (exact) mass is 505 g/mol. The predicted molar refractivity (Wildman–Crippen MR) is 146 cm³/mol. The lowest BCUT2D eigenvalue weighted by molar-refractivity contribution is -0.123. The molecule has 188 valence electrons. The van der Waals surface area contributed by atoms with Gasteiger partial charge in [-0.15, -0.1) is 0 Å². The van der Waals surface area contributed by atoms with Crippen molar-refractivity contribution in [1.82, 2.24) is 30.1 Å². The number of H-pyrrole nitrogens is 2. The summed E-state index contributed by atoms with van der Waals surface area (Å²) in [6, 6.07) is 16.0. The van der Waals surface area contributed by atoms with E-state index in [0.29, 0.717) is 34.0 Å². The molecule has 0 saturated carbocycles. The maximum Gasteiger partial charge on any atom is 0.229 e. The molecular formula is C29H24FN7O. The molecule has 3 N–H and O–H groups in total. The molecule has 0 aliphatic heterocycles. The molecule has 6 aromatic rings. The summed E-state index contributed by atoms with van der Waals surface area (Å²) < 4.78 is 13.9. The normalized spacial score (nSPS) is 11.8. The third kappa shape index (κ3) is 4.28. The fraction of sp³-hybridized carbons (Fsp3) is 0.138. The van der Waals surface area contributed by atoms with Crippen LogP contribution in [-0.2, 0) is 4.79 Å². The van der Waals surface area contributed by atoms with Gasteiger partial charge in [-0.3, -0.25) is 19.9 Å². The summed E-state index contributed by atoms with van der Waals surface area (Å²) in [5.41, 5.74) is 6.01. The van der Waals surface area contributed by atoms with Crippen molar-refractivity contribution in [2.45, 2.75) is 20.8 Å². The highest BCUT2D eigenvalue weighted by molar-refractivity contribution is 5.98. The van der Waals surface area contributed by atoms with E-state index in [1.807, 2.05) is 57.2 Å². The number of halogens is 1. The molecule has 0 unspecified atom stereocenters. The van der Waals surface area contributed by atoms with Gasteiger partial charge in [-0.25, -0.2) is 9.37 Å². The molecule has 0 bridgehead atoms. The van der Waals surface area contributed by atoms with Crippen LogP contribution in [-0.4, -0.2) is 36.0 Å². The van der Waals surface area contributed by atoms with Crippen LogP contribution in [0.4, 0.5) is 10.1 Å². The van der Waals surface area contributed by atoms with Crippen molar-refractivity contribution in [2.75, 3.05) is 5.32 Å². The van der Waals surface area contributed by atoms with Crippen molar-refractivity contribution in [3.8, 4) is 33.9 Å². The lowest BCUT2D eigenvalue weighted by Gasteiger charge is -2.17. The van der Waals surface area contributed by atoms with Gasteiger partial charge in [0.05, 0.1) is 28.6 Å². The molecule has 8 nitrogen and oxygen atoms in total. The zero-order chi connectivity index (χ0) is 26.4. The van der Waals surface area contributed by atoms with Crippen LogP contribution in [0.25, 0.3) is 55.8 Å². The number of hydrogen-bond donors (Lipinski definition) is 3. The van der Waals surface area contributed by atoms with Gasteiger partial charge < -0.3 is 10.3 Å². The van der Waals surface area contributed by atoms with E-state index >= 15 is 0 Å². The number of nitrogens with zero attached hydrogens (tertiary/aromatic N) is 4. The molecule has 0 radical (unpaired) electrons. The summed E-state index contributed by atoms with van der Waals surface area (Å²) in [6.07, 6.45) is 5.06. The van der Waals surface area contributed by atoms with Crippen LogP contribution in [0.5, 0.6) is 0 Å². The van der Waals surface area contributed by atoms with Crippen molar-refractivity contribution in [1.29, 1.82) is 0 Å². The molecule has 6 rings (SSSR count). The molecular weight excluding hydrogens is 481 g/mol. The highest BCUT2D eigenvalue weighted by Gasteiger charge is 2.21. The topological polar surface area (TPSA) is 112 Å². The molecule has 4 heterocycles. The number of benzene rings is 2. The average Bonchev–Trinajstić information content (AvgIpc) is 3.52. The number of imidazole rings is 1. The van der Waals surface area contributed by atoms with E-state index < -0.39 is 5.41 Å². The molecule has 0 aliphatic rings. The fourth-order valence-electron chi connectivity index (χ4n) is 4.25. The van der Waals surface area contributed by atoms with Crippen LogP contribution in [0.2, 0.25) is 0 Å². The van der Waals surface area contributed by atoms with E-state index in [1.165, 1.54) is 12.1 Å². The Morgan fingerprint density at radius 1 is 0.921 bits per heavy atom. The molecule has 0 atom stereocenters. The highest BCUT2D eigenvalue weighted by atomic mass is 19.1. The zero-order valence-corrected chi connectivity index (χ0v) is 21.0. The third-order valence-corrected chi connectivity index (χ3v) is 6.30. The van der Waals surface area contributed by atoms with Crippen LogP contribution in [0.15, 0.2) is 73.2 Å². The van der Waals surface area contributed by atoms with Gasteiger partial charge in [0.1, 0.15) is 17.0 Å². The van der Waals surface area contributed by atoms with Crippen LogP contribution < -0.4 is 5.32 Å². The van der Waals surface area contributed by atoms with Gasteiger partial charge in [0.15, 0.2) is 5.82 Å². The number of nitrogens with one attached hydrogen (secondary N) is 3. The van der Waals surface area contributed by atoms with Crippen molar-refractivity contribution < 1.29 is 9.18 Å². The number of pyridine rings is 2. The number of amides is 1. The van der Waals surface area contributed by atoms with Crippen LogP contribution in [0.1, 0.15) is 20.8 Å². The summed E-state index contributed by atoms with van der Waals surface area (Å²) in [7, 11) is 0. The fourth-order valence-corrected chi connectivity index (χ4v) is 4.25. The van der Waals surface area contributed by atoms with Gasteiger partial charge in [-0.05, 0) is 42.0 Å². The van der Waals surface area contributed by atoms with Crippen LogP contribution in [0.3, 0.4) is 0 Å². The minimum absolute atomic E-state index is 0.0824. The van der Waals surface area contributed by atoms with Gasteiger partial charge in [0.2, 0.25) is 5.91 Å². The highest BCUT2D eigenvalue weighted by Crippen LogP contribution is 2.33. The molecule has 1 amide bonds. The molecule has 0 spiro atoms. The Balaban J connectivity index is 1.40. The maximum atomic E-state index is 13.9. The number of carbonyl (C=O) groups excluding carboxylic acids is 1. The smallest absolute Gasteiger partial charge is 0.229 e. The van der Waals surface area contributed by atoms with E-state index in [2.05, 4.69) is 30.5 Å². The first kappa shape index (κ1) is 23.5. The van der Waals surface area contributed by atoms with Gasteiger partial charge in [0.25, 0.3) is 0 Å². The first-order valence-corrected chi connectivity index (χ1v) is 12.1. The van der Waals surface area contributed by atoms with Gasteiger partial charge in [-0.2, -0.15) is 5.10 Å². The standard InChI is InChI=1S/C29H24FN7O/c1-29(2,3)28(38)33-20-12-18(14-31-15-20)16-7-8-22-21(13-16)25(37-36-22)27-34-23-9-10-32-24(26(23)35-27)17-5-4-6-19(30)11-17/h4-15H,1-3H3,(H,33,38)(H,34,35)(H,36,37). The SMILES string of the molecule is CC(C)(C)C(=O)Nc1cncc(-c2ccc3[nH]nc(-c4nc5c(-c6cccc(F)c6)nccc5[nH]4)c3c2)c1. The zero-order valence-electron chi connectivity index (χ0n) is 21.0. The number of aromatic nitrogens is 6. The summed E-state index contributed by atoms with van der Waals surface area (Å²) in [6.45, 7) is 5.59. The van der Waals surface area contributed by atoms with Crippen LogP contribution >= 0.6 is 0 Å². The van der Waals surface area contributed by atoms with Gasteiger partial charge in [-0.1, -0.05) is 39.0 Å². The summed E-state index contributed by atoms with van der Waals surface area (Å²) >= 11 is 0. The second-order valence-corrected chi connectivity index (χ2v) is 10.2. The maximum absolute atomic E-state index is 13.9. The number of hydrogen-bond acceptors (Lipinski definition) is 5. The van der Waals surface area contributed by atoms with E-state index in [1.54, 1.807) is 24.7 Å². The number of anilines is 1. The Morgan fingerprint density at radius 2 is 1.79 bits per heavy atom. The van der Waals surface area contributed by atoms with Crippen molar-refractivity contribution >= 4 is 33.5 Å². The van der Waals surface area contributed by atoms with Crippen molar-refractivity contribution in [3.05, 3.63) is 79.0 Å². The second-order valence-electron chi connectivity index (χ2n) is 10.2. The Bertz CT molecular complexity index is 1830. The molecule has 38 heavy (non-hydrogen) atoms. The van der Waals surface area contributed by atoms with E-state index in [0.717, 1.165) is 27.5 Å². The first-order valence-electron chi connectivity index (χ1n) is 12.1. The molecule has 0 saturated heterocycles. The number of carbonyl (C=O) groups is 1. The van der Waals surface area contributed by atoms with Gasteiger partial charge in [0, 0.05) is 34.3 Å². The van der Waals surface area contributed by atoms with E-state index in [-0.39, 0.29) is 11.7 Å².